The van der Waals surface area contributed by atoms with Crippen LogP contribution in [0.5, 0.6) is 0 Å². The van der Waals surface area contributed by atoms with Crippen molar-refractivity contribution >= 4 is 0 Å². The molecule has 1 aliphatic carbocycles. The Morgan fingerprint density at radius 2 is 2.36 bits per heavy atom. The van der Waals surface area contributed by atoms with E-state index in [1.165, 1.54) is 12.1 Å². The summed E-state index contributed by atoms with van der Waals surface area (Å²) in [5.74, 6) is 2.96. The van der Waals surface area contributed by atoms with E-state index >= 15 is 0 Å². The average molecular weight is 194 g/mol. The standard InChI is InChI=1S/C11H18N2O/c1-7(2)11-13-9-5-4-8(6-12-3)10(9)14-11/h7-8,12H,4-6H2,1-3H3. The third-order valence-electron chi connectivity index (χ3n) is 2.79. The van der Waals surface area contributed by atoms with Crippen LogP contribution in [0.25, 0.3) is 0 Å². The highest BCUT2D eigenvalue weighted by Gasteiger charge is 2.28. The molecule has 0 fully saturated rings. The molecule has 0 spiro atoms. The summed E-state index contributed by atoms with van der Waals surface area (Å²) in [6.45, 7) is 5.24. The summed E-state index contributed by atoms with van der Waals surface area (Å²) in [6, 6.07) is 0. The lowest BCUT2D eigenvalue weighted by molar-refractivity contribution is 0.405. The van der Waals surface area contributed by atoms with Crippen LogP contribution in [0.1, 0.15) is 49.4 Å². The van der Waals surface area contributed by atoms with Gasteiger partial charge in [-0.3, -0.25) is 0 Å². The molecule has 78 valence electrons. The summed E-state index contributed by atoms with van der Waals surface area (Å²) < 4.78 is 5.80. The second-order valence-electron chi connectivity index (χ2n) is 4.31. The zero-order valence-electron chi connectivity index (χ0n) is 9.13. The number of hydrogen-bond donors (Lipinski definition) is 1. The van der Waals surface area contributed by atoms with Crippen molar-refractivity contribution in [2.24, 2.45) is 0 Å². The lowest BCUT2D eigenvalue weighted by Gasteiger charge is -2.07. The molecule has 0 saturated carbocycles. The van der Waals surface area contributed by atoms with Crippen molar-refractivity contribution in [2.45, 2.75) is 38.5 Å². The van der Waals surface area contributed by atoms with E-state index < -0.39 is 0 Å². The van der Waals surface area contributed by atoms with Gasteiger partial charge in [0.15, 0.2) is 5.89 Å². The monoisotopic (exact) mass is 194 g/mol. The van der Waals surface area contributed by atoms with E-state index in [2.05, 4.69) is 24.1 Å². The Hall–Kier alpha value is -0.830. The van der Waals surface area contributed by atoms with E-state index in [9.17, 15) is 0 Å². The molecular weight excluding hydrogens is 176 g/mol. The number of likely N-dealkylation sites (N-methyl/N-ethyl adjacent to an activating group) is 1. The van der Waals surface area contributed by atoms with E-state index in [-0.39, 0.29) is 0 Å². The van der Waals surface area contributed by atoms with Crippen molar-refractivity contribution in [3.63, 3.8) is 0 Å². The first-order valence-corrected chi connectivity index (χ1v) is 5.36. The molecule has 1 aromatic rings. The molecule has 14 heavy (non-hydrogen) atoms. The summed E-state index contributed by atoms with van der Waals surface area (Å²) >= 11 is 0. The number of hydrogen-bond acceptors (Lipinski definition) is 3. The first-order chi connectivity index (χ1) is 6.72. The van der Waals surface area contributed by atoms with Gasteiger partial charge in [0, 0.05) is 18.4 Å². The lowest BCUT2D eigenvalue weighted by Crippen LogP contribution is -2.14. The summed E-state index contributed by atoms with van der Waals surface area (Å²) in [4.78, 5) is 4.53. The van der Waals surface area contributed by atoms with Crippen LogP contribution in [0.15, 0.2) is 4.42 Å². The van der Waals surface area contributed by atoms with Crippen molar-refractivity contribution in [2.75, 3.05) is 13.6 Å². The van der Waals surface area contributed by atoms with Gasteiger partial charge in [0.1, 0.15) is 5.76 Å². The molecule has 1 heterocycles. The van der Waals surface area contributed by atoms with E-state index in [1.54, 1.807) is 0 Å². The lowest BCUT2D eigenvalue weighted by atomic mass is 10.1. The highest BCUT2D eigenvalue weighted by atomic mass is 16.4. The molecule has 2 rings (SSSR count). The fourth-order valence-corrected chi connectivity index (χ4v) is 2.01. The van der Waals surface area contributed by atoms with Gasteiger partial charge in [-0.25, -0.2) is 4.98 Å². The molecule has 1 unspecified atom stereocenters. The zero-order valence-corrected chi connectivity index (χ0v) is 9.13. The van der Waals surface area contributed by atoms with Crippen molar-refractivity contribution in [1.82, 2.24) is 10.3 Å². The summed E-state index contributed by atoms with van der Waals surface area (Å²) in [5, 5.41) is 3.20. The van der Waals surface area contributed by atoms with Crippen molar-refractivity contribution in [3.05, 3.63) is 17.3 Å². The zero-order chi connectivity index (χ0) is 10.1. The molecule has 0 bridgehead atoms. The molecule has 1 N–H and O–H groups in total. The molecule has 0 amide bonds. The number of fused-ring (bicyclic) bond motifs is 1. The van der Waals surface area contributed by atoms with Gasteiger partial charge in [-0.2, -0.15) is 0 Å². The average Bonchev–Trinajstić information content (AvgIpc) is 2.67. The molecule has 0 aromatic carbocycles. The van der Waals surface area contributed by atoms with Gasteiger partial charge < -0.3 is 9.73 Å². The van der Waals surface area contributed by atoms with E-state index in [4.69, 9.17) is 4.42 Å². The Bertz CT molecular complexity index is 317. The summed E-state index contributed by atoms with van der Waals surface area (Å²) in [7, 11) is 1.98. The predicted octanol–water partition coefficient (Wildman–Crippen LogP) is 2.05. The molecule has 0 aliphatic heterocycles. The van der Waals surface area contributed by atoms with Crippen LogP contribution in [0, 0.1) is 0 Å². The Kier molecular flexibility index (Phi) is 2.59. The van der Waals surface area contributed by atoms with E-state index in [1.807, 2.05) is 7.05 Å². The molecule has 0 radical (unpaired) electrons. The van der Waals surface area contributed by atoms with Gasteiger partial charge in [0.05, 0.1) is 5.69 Å². The largest absolute Gasteiger partial charge is 0.445 e. The van der Waals surface area contributed by atoms with Crippen LogP contribution in [-0.2, 0) is 6.42 Å². The highest BCUT2D eigenvalue weighted by Crippen LogP contribution is 2.34. The number of oxazole rings is 1. The number of nitrogens with zero attached hydrogens (tertiary/aromatic N) is 1. The summed E-state index contributed by atoms with van der Waals surface area (Å²) in [6.07, 6.45) is 2.26. The predicted molar refractivity (Wildman–Crippen MR) is 55.6 cm³/mol. The maximum absolute atomic E-state index is 5.80. The van der Waals surface area contributed by atoms with Crippen molar-refractivity contribution in [1.29, 1.82) is 0 Å². The molecule has 1 atom stereocenters. The number of nitrogens with one attached hydrogen (secondary N) is 1. The van der Waals surface area contributed by atoms with Gasteiger partial charge in [-0.15, -0.1) is 0 Å². The van der Waals surface area contributed by atoms with Crippen LogP contribution in [0.4, 0.5) is 0 Å². The van der Waals surface area contributed by atoms with Crippen molar-refractivity contribution in [3.8, 4) is 0 Å². The fraction of sp³-hybridized carbons (Fsp3) is 0.727. The van der Waals surface area contributed by atoms with Crippen molar-refractivity contribution < 1.29 is 4.42 Å². The Labute approximate surface area is 84.9 Å². The maximum Gasteiger partial charge on any atom is 0.197 e. The molecule has 1 aliphatic rings. The fourth-order valence-electron chi connectivity index (χ4n) is 2.01. The van der Waals surface area contributed by atoms with Gasteiger partial charge in [-0.1, -0.05) is 13.8 Å². The second-order valence-corrected chi connectivity index (χ2v) is 4.31. The first-order valence-electron chi connectivity index (χ1n) is 5.36. The van der Waals surface area contributed by atoms with Crippen LogP contribution in [0.3, 0.4) is 0 Å². The molecule has 1 aromatic heterocycles. The van der Waals surface area contributed by atoms with Crippen LogP contribution in [-0.4, -0.2) is 18.6 Å². The minimum Gasteiger partial charge on any atom is -0.445 e. The van der Waals surface area contributed by atoms with Gasteiger partial charge in [0.2, 0.25) is 0 Å². The minimum atomic E-state index is 0.399. The van der Waals surface area contributed by atoms with Gasteiger partial charge >= 0.3 is 0 Å². The molecule has 3 heteroatoms. The van der Waals surface area contributed by atoms with Gasteiger partial charge in [-0.05, 0) is 19.9 Å². The minimum absolute atomic E-state index is 0.399. The van der Waals surface area contributed by atoms with Crippen LogP contribution in [0.2, 0.25) is 0 Å². The van der Waals surface area contributed by atoms with Gasteiger partial charge in [0.25, 0.3) is 0 Å². The van der Waals surface area contributed by atoms with Crippen LogP contribution < -0.4 is 5.32 Å². The smallest absolute Gasteiger partial charge is 0.197 e. The first kappa shape index (κ1) is 9.71. The number of rotatable bonds is 3. The molecule has 3 nitrogen and oxygen atoms in total. The normalized spacial score (nSPS) is 20.4. The molecular formula is C11H18N2O. The maximum atomic E-state index is 5.80. The quantitative estimate of drug-likeness (QED) is 0.800. The van der Waals surface area contributed by atoms with E-state index in [0.29, 0.717) is 11.8 Å². The SMILES string of the molecule is CNCC1CCc2nc(C(C)C)oc21. The topological polar surface area (TPSA) is 38.1 Å². The van der Waals surface area contributed by atoms with Crippen LogP contribution >= 0.6 is 0 Å². The Morgan fingerprint density at radius 1 is 1.57 bits per heavy atom. The number of aromatic nitrogens is 1. The van der Waals surface area contributed by atoms with E-state index in [0.717, 1.165) is 24.6 Å². The Morgan fingerprint density at radius 3 is 3.00 bits per heavy atom. The third kappa shape index (κ3) is 1.57. The highest BCUT2D eigenvalue weighted by molar-refractivity contribution is 5.22. The number of aryl methyl sites for hydroxylation is 1. The molecule has 0 saturated heterocycles. The summed E-state index contributed by atoms with van der Waals surface area (Å²) in [5.41, 5.74) is 1.19. The second kappa shape index (κ2) is 3.73. The third-order valence-corrected chi connectivity index (χ3v) is 2.79. The Balaban J connectivity index is 2.21.